The smallest absolute Gasteiger partial charge is 0.252 e. The summed E-state index contributed by atoms with van der Waals surface area (Å²) in [7, 11) is 0. The predicted octanol–water partition coefficient (Wildman–Crippen LogP) is 3.57. The van der Waals surface area contributed by atoms with Gasteiger partial charge >= 0.3 is 0 Å². The molecule has 0 aliphatic rings. The van der Waals surface area contributed by atoms with Crippen LogP contribution in [0, 0.1) is 6.92 Å². The van der Waals surface area contributed by atoms with Crippen molar-refractivity contribution in [3.63, 3.8) is 0 Å². The molecule has 4 rings (SSSR count). The van der Waals surface area contributed by atoms with E-state index >= 15 is 0 Å². The fourth-order valence-electron chi connectivity index (χ4n) is 2.75. The maximum atomic E-state index is 12.4. The van der Waals surface area contributed by atoms with Gasteiger partial charge in [0.15, 0.2) is 11.4 Å². The standard InChI is InChI=1S/C19H16BrN5O2/c1-11-6-7-15(27-11)18-23-17-9-12(8-16(21)25(17)24-18)10-22-19(26)13-4-2-3-5-14(13)20/h2-9H,10,21H2,1H3,(H,22,26). The van der Waals surface area contributed by atoms with Crippen LogP contribution in [0.1, 0.15) is 21.7 Å². The van der Waals surface area contributed by atoms with E-state index in [1.54, 1.807) is 16.6 Å². The number of nitrogens with one attached hydrogen (secondary N) is 1. The number of furan rings is 1. The van der Waals surface area contributed by atoms with Crippen molar-refractivity contribution in [2.45, 2.75) is 13.5 Å². The first-order valence-corrected chi connectivity index (χ1v) is 9.05. The summed E-state index contributed by atoms with van der Waals surface area (Å²) in [4.78, 5) is 16.8. The minimum absolute atomic E-state index is 0.172. The monoisotopic (exact) mass is 425 g/mol. The van der Waals surface area contributed by atoms with Gasteiger partial charge in [0.2, 0.25) is 5.82 Å². The van der Waals surface area contributed by atoms with Crippen molar-refractivity contribution < 1.29 is 9.21 Å². The lowest BCUT2D eigenvalue weighted by atomic mass is 10.2. The van der Waals surface area contributed by atoms with Crippen LogP contribution in [0.5, 0.6) is 0 Å². The largest absolute Gasteiger partial charge is 0.458 e. The molecule has 0 unspecified atom stereocenters. The normalized spacial score (nSPS) is 11.0. The van der Waals surface area contributed by atoms with Crippen molar-refractivity contribution >= 4 is 33.3 Å². The number of aryl methyl sites for hydroxylation is 1. The van der Waals surface area contributed by atoms with Gasteiger partial charge in [0.25, 0.3) is 5.91 Å². The quantitative estimate of drug-likeness (QED) is 0.520. The molecule has 0 aliphatic carbocycles. The Bertz CT molecular complexity index is 1150. The van der Waals surface area contributed by atoms with Crippen molar-refractivity contribution in [3.05, 3.63) is 69.9 Å². The van der Waals surface area contributed by atoms with Crippen molar-refractivity contribution in [2.24, 2.45) is 0 Å². The van der Waals surface area contributed by atoms with Crippen LogP contribution in [0.25, 0.3) is 17.2 Å². The lowest BCUT2D eigenvalue weighted by molar-refractivity contribution is 0.0950. The number of anilines is 1. The van der Waals surface area contributed by atoms with Gasteiger partial charge in [-0.15, -0.1) is 5.10 Å². The number of halogens is 1. The number of nitrogens with two attached hydrogens (primary N) is 1. The van der Waals surface area contributed by atoms with Gasteiger partial charge in [0.05, 0.1) is 5.56 Å². The van der Waals surface area contributed by atoms with E-state index in [0.29, 0.717) is 35.2 Å². The number of benzene rings is 1. The van der Waals surface area contributed by atoms with E-state index in [4.69, 9.17) is 10.2 Å². The first-order chi connectivity index (χ1) is 13.0. The topological polar surface area (TPSA) is 98.5 Å². The SMILES string of the molecule is Cc1ccc(-c2nc3cc(CNC(=O)c4ccccc4Br)cc(N)n3n2)o1. The Hall–Kier alpha value is -3.13. The molecule has 7 nitrogen and oxygen atoms in total. The number of nitrogen functional groups attached to an aromatic ring is 1. The first kappa shape index (κ1) is 17.3. The summed E-state index contributed by atoms with van der Waals surface area (Å²) in [6.45, 7) is 2.18. The highest BCUT2D eigenvalue weighted by atomic mass is 79.9. The summed E-state index contributed by atoms with van der Waals surface area (Å²) in [5.74, 6) is 2.09. The van der Waals surface area contributed by atoms with Gasteiger partial charge < -0.3 is 15.5 Å². The summed E-state index contributed by atoms with van der Waals surface area (Å²) < 4.78 is 7.86. The number of carbonyl (C=O) groups is 1. The highest BCUT2D eigenvalue weighted by Gasteiger charge is 2.13. The van der Waals surface area contributed by atoms with Crippen LogP contribution in [0.2, 0.25) is 0 Å². The van der Waals surface area contributed by atoms with E-state index in [9.17, 15) is 4.79 Å². The number of hydrogen-bond donors (Lipinski definition) is 2. The van der Waals surface area contributed by atoms with Gasteiger partial charge in [-0.2, -0.15) is 4.52 Å². The minimum Gasteiger partial charge on any atom is -0.458 e. The molecule has 136 valence electrons. The van der Waals surface area contributed by atoms with E-state index in [1.165, 1.54) is 0 Å². The summed E-state index contributed by atoms with van der Waals surface area (Å²) in [5.41, 5.74) is 8.09. The predicted molar refractivity (Wildman–Crippen MR) is 105 cm³/mol. The first-order valence-electron chi connectivity index (χ1n) is 8.26. The second kappa shape index (κ2) is 6.88. The van der Waals surface area contributed by atoms with Gasteiger partial charge in [0.1, 0.15) is 11.6 Å². The second-order valence-electron chi connectivity index (χ2n) is 6.07. The van der Waals surface area contributed by atoms with Crippen LogP contribution in [0.3, 0.4) is 0 Å². The Labute approximate surface area is 163 Å². The van der Waals surface area contributed by atoms with E-state index < -0.39 is 0 Å². The number of fused-ring (bicyclic) bond motifs is 1. The zero-order chi connectivity index (χ0) is 19.0. The highest BCUT2D eigenvalue weighted by molar-refractivity contribution is 9.10. The molecule has 0 spiro atoms. The minimum atomic E-state index is -0.172. The number of hydrogen-bond acceptors (Lipinski definition) is 5. The third-order valence-corrected chi connectivity index (χ3v) is 4.75. The average Bonchev–Trinajstić information content (AvgIpc) is 3.26. The average molecular weight is 426 g/mol. The number of aromatic nitrogens is 3. The summed E-state index contributed by atoms with van der Waals surface area (Å²) in [5, 5.41) is 7.27. The van der Waals surface area contributed by atoms with E-state index in [2.05, 4.69) is 31.3 Å². The van der Waals surface area contributed by atoms with Crippen LogP contribution in [0.15, 0.2) is 57.4 Å². The molecule has 0 radical (unpaired) electrons. The fourth-order valence-corrected chi connectivity index (χ4v) is 3.22. The van der Waals surface area contributed by atoms with Crippen molar-refractivity contribution in [2.75, 3.05) is 5.73 Å². The number of carbonyl (C=O) groups excluding carboxylic acids is 1. The van der Waals surface area contributed by atoms with Crippen molar-refractivity contribution in [3.8, 4) is 11.6 Å². The molecule has 3 heterocycles. The molecule has 3 aromatic heterocycles. The van der Waals surface area contributed by atoms with Crippen LogP contribution in [-0.2, 0) is 6.54 Å². The molecule has 0 fully saturated rings. The third-order valence-electron chi connectivity index (χ3n) is 4.06. The lowest BCUT2D eigenvalue weighted by Gasteiger charge is -2.08. The highest BCUT2D eigenvalue weighted by Crippen LogP contribution is 2.21. The van der Waals surface area contributed by atoms with Crippen LogP contribution >= 0.6 is 15.9 Å². The molecular weight excluding hydrogens is 410 g/mol. The Morgan fingerprint density at radius 2 is 2.07 bits per heavy atom. The zero-order valence-corrected chi connectivity index (χ0v) is 16.0. The van der Waals surface area contributed by atoms with Crippen LogP contribution in [-0.4, -0.2) is 20.5 Å². The molecule has 1 aromatic carbocycles. The van der Waals surface area contributed by atoms with Gasteiger partial charge in [-0.1, -0.05) is 12.1 Å². The van der Waals surface area contributed by atoms with Gasteiger partial charge in [-0.05, 0) is 64.8 Å². The summed E-state index contributed by atoms with van der Waals surface area (Å²) in [6.07, 6.45) is 0. The molecule has 1 amide bonds. The molecule has 0 saturated carbocycles. The molecular formula is C19H16BrN5O2. The molecule has 0 saturated heterocycles. The third kappa shape index (κ3) is 3.43. The Morgan fingerprint density at radius 3 is 2.81 bits per heavy atom. The van der Waals surface area contributed by atoms with E-state index in [-0.39, 0.29) is 5.91 Å². The van der Waals surface area contributed by atoms with Crippen molar-refractivity contribution in [1.29, 1.82) is 0 Å². The Kier molecular flexibility index (Phi) is 4.41. The lowest BCUT2D eigenvalue weighted by Crippen LogP contribution is -2.23. The number of nitrogens with zero attached hydrogens (tertiary/aromatic N) is 3. The molecule has 27 heavy (non-hydrogen) atoms. The number of pyridine rings is 1. The number of amides is 1. The summed E-state index contributed by atoms with van der Waals surface area (Å²) >= 11 is 3.38. The van der Waals surface area contributed by atoms with Gasteiger partial charge in [-0.3, -0.25) is 4.79 Å². The van der Waals surface area contributed by atoms with Crippen LogP contribution < -0.4 is 11.1 Å². The molecule has 3 N–H and O–H groups in total. The Morgan fingerprint density at radius 1 is 1.26 bits per heavy atom. The maximum Gasteiger partial charge on any atom is 0.252 e. The fraction of sp³-hybridized carbons (Fsp3) is 0.105. The van der Waals surface area contributed by atoms with Crippen molar-refractivity contribution in [1.82, 2.24) is 19.9 Å². The molecule has 0 bridgehead atoms. The van der Waals surface area contributed by atoms with Gasteiger partial charge in [0, 0.05) is 11.0 Å². The second-order valence-corrected chi connectivity index (χ2v) is 6.92. The molecule has 8 heteroatoms. The maximum absolute atomic E-state index is 12.4. The molecule has 4 aromatic rings. The Balaban J connectivity index is 1.58. The van der Waals surface area contributed by atoms with Crippen LogP contribution in [0.4, 0.5) is 5.82 Å². The zero-order valence-electron chi connectivity index (χ0n) is 14.4. The molecule has 0 aliphatic heterocycles. The number of rotatable bonds is 4. The van der Waals surface area contributed by atoms with E-state index in [1.807, 2.05) is 43.3 Å². The van der Waals surface area contributed by atoms with E-state index in [0.717, 1.165) is 15.8 Å². The molecule has 0 atom stereocenters. The summed E-state index contributed by atoms with van der Waals surface area (Å²) in [6, 6.07) is 14.5. The van der Waals surface area contributed by atoms with Gasteiger partial charge in [-0.25, -0.2) is 4.98 Å².